The number of carbonyl (C=O) groups is 1. The van der Waals surface area contributed by atoms with Crippen molar-refractivity contribution in [3.8, 4) is 0 Å². The van der Waals surface area contributed by atoms with Crippen LogP contribution < -0.4 is 5.32 Å². The highest BCUT2D eigenvalue weighted by Crippen LogP contribution is 2.23. The molecule has 1 amide bonds. The van der Waals surface area contributed by atoms with Crippen LogP contribution in [0.25, 0.3) is 11.0 Å². The number of para-hydroxylation sites is 2. The third-order valence-electron chi connectivity index (χ3n) is 4.86. The van der Waals surface area contributed by atoms with Crippen molar-refractivity contribution in [2.45, 2.75) is 32.1 Å². The number of carbonyl (C=O) groups excluding carboxylic acids is 1. The fraction of sp³-hybridized carbons (Fsp3) is 0.364. The Morgan fingerprint density at radius 3 is 2.52 bits per heavy atom. The van der Waals surface area contributed by atoms with Crippen molar-refractivity contribution in [2.24, 2.45) is 5.92 Å². The number of nitrogens with one attached hydrogen (secondary N) is 1. The summed E-state index contributed by atoms with van der Waals surface area (Å²) in [5.41, 5.74) is 3.22. The Bertz CT molecular complexity index is 889. The van der Waals surface area contributed by atoms with E-state index in [9.17, 15) is 4.79 Å². The number of thioether (sulfide) groups is 1. The molecule has 0 radical (unpaired) electrons. The molecule has 0 bridgehead atoms. The van der Waals surface area contributed by atoms with Gasteiger partial charge in [-0.15, -0.1) is 0 Å². The number of amides is 1. The minimum absolute atomic E-state index is 0.0297. The van der Waals surface area contributed by atoms with E-state index in [0.29, 0.717) is 24.9 Å². The van der Waals surface area contributed by atoms with Gasteiger partial charge in [0.25, 0.3) is 0 Å². The third-order valence-corrected chi connectivity index (χ3v) is 5.41. The highest BCUT2D eigenvalue weighted by atomic mass is 32.2. The number of fused-ring (bicyclic) bond motifs is 1. The lowest BCUT2D eigenvalue weighted by Crippen LogP contribution is -2.33. The van der Waals surface area contributed by atoms with Gasteiger partial charge in [-0.2, -0.15) is 11.8 Å². The van der Waals surface area contributed by atoms with Crippen molar-refractivity contribution in [2.75, 3.05) is 12.8 Å². The van der Waals surface area contributed by atoms with Crippen molar-refractivity contribution in [1.29, 1.82) is 0 Å². The Morgan fingerprint density at radius 2 is 1.81 bits per heavy atom. The number of hydrogen-bond acceptors (Lipinski definition) is 3. The van der Waals surface area contributed by atoms with Crippen LogP contribution in [-0.4, -0.2) is 28.3 Å². The average Bonchev–Trinajstić information content (AvgIpc) is 3.00. The monoisotopic (exact) mass is 381 g/mol. The first-order valence-electron chi connectivity index (χ1n) is 9.35. The highest BCUT2D eigenvalue weighted by Gasteiger charge is 2.18. The van der Waals surface area contributed by atoms with E-state index >= 15 is 0 Å². The molecule has 2 aromatic carbocycles. The lowest BCUT2D eigenvalue weighted by atomic mass is 9.88. The SMILES string of the molecule is CSCc1nc2ccccc2n1CC(=O)NCC(c1ccccc1)C(C)C. The Labute approximate surface area is 165 Å². The van der Waals surface area contributed by atoms with E-state index in [2.05, 4.69) is 54.7 Å². The van der Waals surface area contributed by atoms with E-state index in [1.165, 1.54) is 5.56 Å². The smallest absolute Gasteiger partial charge is 0.240 e. The first-order valence-corrected chi connectivity index (χ1v) is 10.7. The molecule has 5 heteroatoms. The minimum Gasteiger partial charge on any atom is -0.354 e. The molecule has 0 spiro atoms. The number of aromatic nitrogens is 2. The molecular formula is C22H27N3OS. The highest BCUT2D eigenvalue weighted by molar-refractivity contribution is 7.97. The first-order chi connectivity index (χ1) is 13.1. The second-order valence-electron chi connectivity index (χ2n) is 7.10. The molecule has 1 atom stereocenters. The summed E-state index contributed by atoms with van der Waals surface area (Å²) in [4.78, 5) is 17.4. The van der Waals surface area contributed by atoms with E-state index in [0.717, 1.165) is 22.6 Å². The van der Waals surface area contributed by atoms with E-state index in [-0.39, 0.29) is 5.91 Å². The Morgan fingerprint density at radius 1 is 1.11 bits per heavy atom. The number of benzene rings is 2. The van der Waals surface area contributed by atoms with Crippen molar-refractivity contribution in [3.05, 3.63) is 66.0 Å². The Kier molecular flexibility index (Phi) is 6.56. The molecule has 0 aliphatic rings. The second-order valence-corrected chi connectivity index (χ2v) is 7.97. The number of rotatable bonds is 8. The average molecular weight is 382 g/mol. The second kappa shape index (κ2) is 9.09. The van der Waals surface area contributed by atoms with Gasteiger partial charge in [0.15, 0.2) is 0 Å². The van der Waals surface area contributed by atoms with Gasteiger partial charge in [0.05, 0.1) is 16.8 Å². The predicted octanol–water partition coefficient (Wildman–Crippen LogP) is 4.46. The quantitative estimate of drug-likeness (QED) is 0.627. The summed E-state index contributed by atoms with van der Waals surface area (Å²) in [6.07, 6.45) is 2.05. The van der Waals surface area contributed by atoms with Crippen molar-refractivity contribution in [1.82, 2.24) is 14.9 Å². The van der Waals surface area contributed by atoms with Gasteiger partial charge in [0, 0.05) is 12.5 Å². The lowest BCUT2D eigenvalue weighted by molar-refractivity contribution is -0.121. The van der Waals surface area contributed by atoms with E-state index < -0.39 is 0 Å². The zero-order valence-corrected chi connectivity index (χ0v) is 17.0. The van der Waals surface area contributed by atoms with Gasteiger partial charge in [-0.3, -0.25) is 4.79 Å². The van der Waals surface area contributed by atoms with Gasteiger partial charge in [-0.25, -0.2) is 4.98 Å². The molecule has 27 heavy (non-hydrogen) atoms. The first kappa shape index (κ1) is 19.5. The minimum atomic E-state index is 0.0297. The largest absolute Gasteiger partial charge is 0.354 e. The molecule has 0 aliphatic carbocycles. The number of nitrogens with zero attached hydrogens (tertiary/aromatic N) is 2. The summed E-state index contributed by atoms with van der Waals surface area (Å²) >= 11 is 1.72. The molecule has 1 N–H and O–H groups in total. The van der Waals surface area contributed by atoms with Gasteiger partial charge in [-0.1, -0.05) is 56.3 Å². The summed E-state index contributed by atoms with van der Waals surface area (Å²) in [7, 11) is 0. The van der Waals surface area contributed by atoms with Crippen LogP contribution in [-0.2, 0) is 17.1 Å². The molecule has 0 aliphatic heterocycles. The molecule has 1 unspecified atom stereocenters. The van der Waals surface area contributed by atoms with Crippen molar-refractivity contribution >= 4 is 28.7 Å². The van der Waals surface area contributed by atoms with Crippen molar-refractivity contribution < 1.29 is 4.79 Å². The molecular weight excluding hydrogens is 354 g/mol. The van der Waals surface area contributed by atoms with E-state index in [1.807, 2.05) is 34.9 Å². The zero-order chi connectivity index (χ0) is 19.2. The molecule has 0 fully saturated rings. The maximum atomic E-state index is 12.7. The maximum absolute atomic E-state index is 12.7. The predicted molar refractivity (Wildman–Crippen MR) is 114 cm³/mol. The van der Waals surface area contributed by atoms with Crippen LogP contribution in [0.5, 0.6) is 0 Å². The normalized spacial score (nSPS) is 12.4. The summed E-state index contributed by atoms with van der Waals surface area (Å²) < 4.78 is 2.04. The molecule has 0 saturated carbocycles. The van der Waals surface area contributed by atoms with Crippen LogP contribution in [0, 0.1) is 5.92 Å². The van der Waals surface area contributed by atoms with Crippen LogP contribution in [0.1, 0.15) is 31.2 Å². The number of imidazole rings is 1. The van der Waals surface area contributed by atoms with Crippen LogP contribution in [0.2, 0.25) is 0 Å². The molecule has 3 aromatic rings. The van der Waals surface area contributed by atoms with Gasteiger partial charge in [0.2, 0.25) is 5.91 Å². The van der Waals surface area contributed by atoms with Gasteiger partial charge in [0.1, 0.15) is 12.4 Å². The van der Waals surface area contributed by atoms with Gasteiger partial charge in [-0.05, 0) is 29.9 Å². The lowest BCUT2D eigenvalue weighted by Gasteiger charge is -2.22. The molecule has 0 saturated heterocycles. The van der Waals surface area contributed by atoms with Gasteiger partial charge < -0.3 is 9.88 Å². The van der Waals surface area contributed by atoms with Crippen LogP contribution >= 0.6 is 11.8 Å². The summed E-state index contributed by atoms with van der Waals surface area (Å²) in [6.45, 7) is 5.34. The molecule has 3 rings (SSSR count). The molecule has 142 valence electrons. The molecule has 4 nitrogen and oxygen atoms in total. The molecule has 1 heterocycles. The molecule has 1 aromatic heterocycles. The summed E-state index contributed by atoms with van der Waals surface area (Å²) in [5.74, 6) is 2.53. The Hall–Kier alpha value is -2.27. The fourth-order valence-electron chi connectivity index (χ4n) is 3.40. The van der Waals surface area contributed by atoms with Gasteiger partial charge >= 0.3 is 0 Å². The zero-order valence-electron chi connectivity index (χ0n) is 16.2. The fourth-order valence-corrected chi connectivity index (χ4v) is 3.88. The van der Waals surface area contributed by atoms with E-state index in [4.69, 9.17) is 0 Å². The number of hydrogen-bond donors (Lipinski definition) is 1. The standard InChI is InChI=1S/C22H27N3OS/c1-16(2)18(17-9-5-4-6-10-17)13-23-22(26)14-25-20-12-8-7-11-19(20)24-21(25)15-27-3/h4-12,16,18H,13-15H2,1-3H3,(H,23,26). The third kappa shape index (κ3) is 4.72. The summed E-state index contributed by atoms with van der Waals surface area (Å²) in [6, 6.07) is 18.4. The Balaban J connectivity index is 1.72. The summed E-state index contributed by atoms with van der Waals surface area (Å²) in [5, 5.41) is 3.14. The van der Waals surface area contributed by atoms with Crippen LogP contribution in [0.4, 0.5) is 0 Å². The van der Waals surface area contributed by atoms with Crippen LogP contribution in [0.15, 0.2) is 54.6 Å². The van der Waals surface area contributed by atoms with E-state index in [1.54, 1.807) is 11.8 Å². The topological polar surface area (TPSA) is 46.9 Å². The maximum Gasteiger partial charge on any atom is 0.240 e. The van der Waals surface area contributed by atoms with Crippen LogP contribution in [0.3, 0.4) is 0 Å². The van der Waals surface area contributed by atoms with Crippen molar-refractivity contribution in [3.63, 3.8) is 0 Å².